The number of likely N-dealkylation sites (N-methyl/N-ethyl adjacent to an activating group) is 1. The first-order valence-corrected chi connectivity index (χ1v) is 18.2. The first-order chi connectivity index (χ1) is 23.3. The smallest absolute Gasteiger partial charge is 0.311 e. The van der Waals surface area contributed by atoms with Crippen LogP contribution in [0.25, 0.3) is 0 Å². The predicted octanol–water partition coefficient (Wildman–Crippen LogP) is 2.71. The molecule has 0 aliphatic carbocycles. The number of amidine groups is 1. The first-order valence-electron chi connectivity index (χ1n) is 18.2. The Balaban J connectivity index is 1.75. The van der Waals surface area contributed by atoms with E-state index >= 15 is 0 Å². The van der Waals surface area contributed by atoms with Crippen molar-refractivity contribution in [2.75, 3.05) is 34.4 Å². The van der Waals surface area contributed by atoms with Gasteiger partial charge in [-0.3, -0.25) is 9.59 Å². The molecular weight excluding hydrogens is 650 g/mol. The number of ether oxygens (including phenoxy) is 7. The topological polar surface area (TPSA) is 158 Å². The standard InChI is InChI=1S/C36H63N3O11/c1-19(2)37-34-39(11)25-15-21(4)46-33(29(25)49-34)50-31-22(5)28(48-27-17-36(9,44-12)30(41)24(7)47-27)23(6)32(42)45-14-13-26(40)38(10)18-20(3)16-35(31,8)43/h19-25,27-31,33,41,43H,13-18H2,1-12H3/b37-34+/t20-,21-,22+,23-,24+,25+,27+,28+,29-,30+,31-,33+,35-,36-/m1/s1. The van der Waals surface area contributed by atoms with Crippen LogP contribution in [-0.4, -0.2) is 145 Å². The van der Waals surface area contributed by atoms with Gasteiger partial charge in [-0.15, -0.1) is 0 Å². The zero-order valence-electron chi connectivity index (χ0n) is 32.2. The van der Waals surface area contributed by atoms with Gasteiger partial charge in [-0.2, -0.15) is 0 Å². The second-order valence-electron chi connectivity index (χ2n) is 15.9. The van der Waals surface area contributed by atoms with E-state index in [0.29, 0.717) is 19.0 Å². The summed E-state index contributed by atoms with van der Waals surface area (Å²) in [5.41, 5.74) is -2.46. The molecular formula is C36H63N3O11. The lowest BCUT2D eigenvalue weighted by Gasteiger charge is -2.48. The number of hydrogen-bond acceptors (Lipinski definition) is 12. The molecule has 1 amide bonds. The maximum absolute atomic E-state index is 13.6. The van der Waals surface area contributed by atoms with E-state index in [1.807, 2.05) is 46.6 Å². The maximum atomic E-state index is 13.6. The van der Waals surface area contributed by atoms with Gasteiger partial charge in [0.05, 0.1) is 54.0 Å². The molecule has 2 N–H and O–H groups in total. The number of amides is 1. The molecule has 4 aliphatic heterocycles. The summed E-state index contributed by atoms with van der Waals surface area (Å²) >= 11 is 0. The van der Waals surface area contributed by atoms with Gasteiger partial charge in [-0.1, -0.05) is 13.8 Å². The minimum absolute atomic E-state index is 0.0158. The minimum Gasteiger partial charge on any atom is -0.465 e. The van der Waals surface area contributed by atoms with Crippen molar-refractivity contribution in [2.45, 2.75) is 160 Å². The molecule has 0 aromatic carbocycles. The molecule has 50 heavy (non-hydrogen) atoms. The summed E-state index contributed by atoms with van der Waals surface area (Å²) in [5, 5.41) is 23.3. The van der Waals surface area contributed by atoms with Gasteiger partial charge in [0.1, 0.15) is 12.7 Å². The Morgan fingerprint density at radius 3 is 2.34 bits per heavy atom. The van der Waals surface area contributed by atoms with E-state index in [1.165, 1.54) is 7.11 Å². The van der Waals surface area contributed by atoms with Crippen LogP contribution in [0.15, 0.2) is 4.99 Å². The second-order valence-corrected chi connectivity index (χ2v) is 15.9. The number of fused-ring (bicyclic) bond motifs is 1. The lowest BCUT2D eigenvalue weighted by atomic mass is 9.77. The number of esters is 1. The van der Waals surface area contributed by atoms with Crippen molar-refractivity contribution in [2.24, 2.45) is 22.7 Å². The zero-order chi connectivity index (χ0) is 37.3. The van der Waals surface area contributed by atoms with E-state index in [1.54, 1.807) is 39.6 Å². The van der Waals surface area contributed by atoms with Gasteiger partial charge in [0, 0.05) is 46.1 Å². The number of nitrogens with zero attached hydrogens (tertiary/aromatic N) is 3. The molecule has 0 saturated carbocycles. The van der Waals surface area contributed by atoms with E-state index in [2.05, 4.69) is 4.99 Å². The summed E-state index contributed by atoms with van der Waals surface area (Å²) in [6, 6.07) is 0.454. The molecule has 14 atom stereocenters. The van der Waals surface area contributed by atoms with Crippen molar-refractivity contribution in [1.82, 2.24) is 9.80 Å². The van der Waals surface area contributed by atoms with Crippen molar-refractivity contribution in [3.63, 3.8) is 0 Å². The van der Waals surface area contributed by atoms with Crippen molar-refractivity contribution < 1.29 is 53.0 Å². The van der Waals surface area contributed by atoms with E-state index in [9.17, 15) is 19.8 Å². The monoisotopic (exact) mass is 713 g/mol. The molecule has 4 rings (SSSR count). The Morgan fingerprint density at radius 1 is 1.02 bits per heavy atom. The van der Waals surface area contributed by atoms with Gasteiger partial charge in [-0.25, -0.2) is 4.99 Å². The Labute approximate surface area is 298 Å². The maximum Gasteiger partial charge on any atom is 0.311 e. The average molecular weight is 714 g/mol. The van der Waals surface area contributed by atoms with E-state index in [-0.39, 0.29) is 55.9 Å². The molecule has 0 spiro atoms. The molecule has 4 aliphatic rings. The molecule has 14 nitrogen and oxygen atoms in total. The number of methoxy groups -OCH3 is 1. The summed E-state index contributed by atoms with van der Waals surface area (Å²) in [6.45, 7) is 17.1. The van der Waals surface area contributed by atoms with Gasteiger partial charge in [-0.05, 0) is 67.2 Å². The highest BCUT2D eigenvalue weighted by atomic mass is 16.7. The zero-order valence-corrected chi connectivity index (χ0v) is 32.2. The highest BCUT2D eigenvalue weighted by Gasteiger charge is 2.54. The Bertz CT molecular complexity index is 1200. The fraction of sp³-hybridized carbons (Fsp3) is 0.917. The van der Waals surface area contributed by atoms with Crippen LogP contribution in [-0.2, 0) is 42.7 Å². The third-order valence-electron chi connectivity index (χ3n) is 10.9. The third-order valence-corrected chi connectivity index (χ3v) is 10.9. The quantitative estimate of drug-likeness (QED) is 0.389. The number of aliphatic imine (C=N–C) groups is 1. The van der Waals surface area contributed by atoms with Gasteiger partial charge < -0.3 is 53.2 Å². The Hall–Kier alpha value is -2.07. The normalized spacial score (nSPS) is 44.9. The van der Waals surface area contributed by atoms with Gasteiger partial charge in [0.25, 0.3) is 6.02 Å². The number of cyclic esters (lactones) is 1. The Morgan fingerprint density at radius 2 is 1.70 bits per heavy atom. The van der Waals surface area contributed by atoms with E-state index < -0.39 is 72.1 Å². The number of carbonyl (C=O) groups is 2. The first kappa shape index (κ1) is 40.7. The molecule has 288 valence electrons. The number of hydrogen-bond donors (Lipinski definition) is 2. The number of aliphatic hydroxyl groups is 2. The second kappa shape index (κ2) is 16.3. The molecule has 14 heteroatoms. The van der Waals surface area contributed by atoms with Gasteiger partial charge >= 0.3 is 5.97 Å². The van der Waals surface area contributed by atoms with Crippen LogP contribution in [0.3, 0.4) is 0 Å². The average Bonchev–Trinajstić information content (AvgIpc) is 3.33. The van der Waals surface area contributed by atoms with Gasteiger partial charge in [0.2, 0.25) is 5.91 Å². The fourth-order valence-corrected chi connectivity index (χ4v) is 8.10. The molecule has 0 aromatic rings. The summed E-state index contributed by atoms with van der Waals surface area (Å²) < 4.78 is 43.9. The van der Waals surface area contributed by atoms with Crippen LogP contribution in [0.4, 0.5) is 0 Å². The van der Waals surface area contributed by atoms with Crippen molar-refractivity contribution in [1.29, 1.82) is 0 Å². The predicted molar refractivity (Wildman–Crippen MR) is 184 cm³/mol. The van der Waals surface area contributed by atoms with Crippen LogP contribution in [0, 0.1) is 17.8 Å². The molecule has 4 heterocycles. The van der Waals surface area contributed by atoms with Crippen molar-refractivity contribution in [3.05, 3.63) is 0 Å². The highest BCUT2D eigenvalue weighted by molar-refractivity contribution is 5.77. The summed E-state index contributed by atoms with van der Waals surface area (Å²) in [5.74, 6) is -2.34. The summed E-state index contributed by atoms with van der Waals surface area (Å²) in [4.78, 5) is 34.9. The molecule has 4 fully saturated rings. The van der Waals surface area contributed by atoms with Crippen molar-refractivity contribution in [3.8, 4) is 0 Å². The number of rotatable bonds is 6. The Kier molecular flexibility index (Phi) is 13.3. The largest absolute Gasteiger partial charge is 0.465 e. The van der Waals surface area contributed by atoms with Crippen LogP contribution >= 0.6 is 0 Å². The SMILES string of the molecule is CO[C@]1(C)C[C@H](O[C@H]2[C@H](C)[C@@H](O[C@@H]3O[C@H](C)C[C@H]4[C@H]3O/C(=N/C(C)C)N4C)[C@](C)(O)C[C@@H](C)CN(C)C(=O)CCOC(=O)[C@@H]2C)O[C@@H](C)[C@@H]1O. The molecule has 0 bridgehead atoms. The third kappa shape index (κ3) is 9.10. The molecule has 4 saturated heterocycles. The fourth-order valence-electron chi connectivity index (χ4n) is 8.10. The minimum atomic E-state index is -1.49. The summed E-state index contributed by atoms with van der Waals surface area (Å²) in [7, 11) is 5.19. The van der Waals surface area contributed by atoms with Crippen LogP contribution < -0.4 is 0 Å². The lowest BCUT2D eigenvalue weighted by molar-refractivity contribution is -0.313. The lowest BCUT2D eigenvalue weighted by Crippen LogP contribution is -2.59. The molecule has 0 unspecified atom stereocenters. The van der Waals surface area contributed by atoms with E-state index in [4.69, 9.17) is 33.2 Å². The van der Waals surface area contributed by atoms with Crippen LogP contribution in [0.2, 0.25) is 0 Å². The number of carbonyl (C=O) groups excluding carboxylic acids is 2. The van der Waals surface area contributed by atoms with Crippen LogP contribution in [0.5, 0.6) is 0 Å². The van der Waals surface area contributed by atoms with E-state index in [0.717, 1.165) is 0 Å². The highest BCUT2D eigenvalue weighted by Crippen LogP contribution is 2.40. The number of aliphatic hydroxyl groups excluding tert-OH is 1. The van der Waals surface area contributed by atoms with Crippen LogP contribution in [0.1, 0.15) is 88.0 Å². The molecule has 0 aromatic heterocycles. The summed E-state index contributed by atoms with van der Waals surface area (Å²) in [6.07, 6.45) is -4.65. The van der Waals surface area contributed by atoms with Gasteiger partial charge in [0.15, 0.2) is 18.7 Å². The van der Waals surface area contributed by atoms with Crippen molar-refractivity contribution >= 4 is 17.9 Å². The molecule has 0 radical (unpaired) electrons.